The number of benzene rings is 1. The summed E-state index contributed by atoms with van der Waals surface area (Å²) in [7, 11) is 0. The molecule has 0 atom stereocenters. The van der Waals surface area contributed by atoms with Crippen LogP contribution < -0.4 is 0 Å². The summed E-state index contributed by atoms with van der Waals surface area (Å²) in [5.74, 6) is -0.793. The molecule has 2 rings (SSSR count). The molecule has 106 valence electrons. The van der Waals surface area contributed by atoms with Gasteiger partial charge in [-0.25, -0.2) is 4.98 Å². The van der Waals surface area contributed by atoms with Crippen molar-refractivity contribution in [3.05, 3.63) is 40.4 Å². The highest BCUT2D eigenvalue weighted by atomic mass is 32.1. The fourth-order valence-corrected chi connectivity index (χ4v) is 3.20. The molecule has 4 heteroatoms. The highest BCUT2D eigenvalue weighted by molar-refractivity contribution is 7.15. The summed E-state index contributed by atoms with van der Waals surface area (Å²) in [6.07, 6.45) is 2.90. The molecule has 3 nitrogen and oxygen atoms in total. The molecular formula is C16H19NO2S. The SMILES string of the molecule is CCCc1nc(-c2ccc(CC)cc2)sc1CC(=O)O. The van der Waals surface area contributed by atoms with Gasteiger partial charge in [0.15, 0.2) is 0 Å². The molecule has 0 amide bonds. The number of thiazole rings is 1. The Morgan fingerprint density at radius 1 is 1.25 bits per heavy atom. The average Bonchev–Trinajstić information content (AvgIpc) is 2.82. The molecule has 0 aliphatic heterocycles. The van der Waals surface area contributed by atoms with Gasteiger partial charge in [-0.2, -0.15) is 0 Å². The van der Waals surface area contributed by atoms with Crippen LogP contribution in [0.5, 0.6) is 0 Å². The number of aryl methyl sites for hydroxylation is 2. The summed E-state index contributed by atoms with van der Waals surface area (Å²) in [5, 5.41) is 9.91. The lowest BCUT2D eigenvalue weighted by Crippen LogP contribution is -2.01. The van der Waals surface area contributed by atoms with Crippen molar-refractivity contribution in [3.8, 4) is 10.6 Å². The van der Waals surface area contributed by atoms with Gasteiger partial charge in [-0.05, 0) is 18.4 Å². The Kier molecular flexibility index (Phi) is 4.90. The van der Waals surface area contributed by atoms with Crippen LogP contribution in [0, 0.1) is 0 Å². The van der Waals surface area contributed by atoms with Crippen LogP contribution in [-0.4, -0.2) is 16.1 Å². The van der Waals surface area contributed by atoms with Gasteiger partial charge in [-0.3, -0.25) is 4.79 Å². The number of carboxylic acids is 1. The highest BCUT2D eigenvalue weighted by Gasteiger charge is 2.14. The summed E-state index contributed by atoms with van der Waals surface area (Å²) in [6.45, 7) is 4.21. The van der Waals surface area contributed by atoms with E-state index in [2.05, 4.69) is 43.1 Å². The van der Waals surface area contributed by atoms with Crippen molar-refractivity contribution >= 4 is 17.3 Å². The molecule has 1 aromatic carbocycles. The van der Waals surface area contributed by atoms with E-state index in [0.29, 0.717) is 0 Å². The Morgan fingerprint density at radius 2 is 1.95 bits per heavy atom. The minimum Gasteiger partial charge on any atom is -0.481 e. The van der Waals surface area contributed by atoms with Crippen LogP contribution in [0.25, 0.3) is 10.6 Å². The van der Waals surface area contributed by atoms with Crippen molar-refractivity contribution < 1.29 is 9.90 Å². The lowest BCUT2D eigenvalue weighted by Gasteiger charge is -1.98. The molecule has 0 bridgehead atoms. The van der Waals surface area contributed by atoms with Crippen LogP contribution in [0.1, 0.15) is 36.4 Å². The third-order valence-corrected chi connectivity index (χ3v) is 4.33. The van der Waals surface area contributed by atoms with E-state index in [1.54, 1.807) is 0 Å². The number of aliphatic carboxylic acids is 1. The van der Waals surface area contributed by atoms with Gasteiger partial charge in [0.05, 0.1) is 12.1 Å². The molecule has 0 saturated heterocycles. The zero-order valence-corrected chi connectivity index (χ0v) is 12.7. The summed E-state index contributed by atoms with van der Waals surface area (Å²) in [4.78, 5) is 16.5. The van der Waals surface area contributed by atoms with E-state index in [4.69, 9.17) is 5.11 Å². The number of rotatable bonds is 6. The molecule has 20 heavy (non-hydrogen) atoms. The van der Waals surface area contributed by atoms with E-state index in [0.717, 1.165) is 40.4 Å². The molecule has 2 aromatic rings. The molecule has 0 aliphatic carbocycles. The molecule has 1 N–H and O–H groups in total. The monoisotopic (exact) mass is 289 g/mol. The lowest BCUT2D eigenvalue weighted by molar-refractivity contribution is -0.136. The van der Waals surface area contributed by atoms with Crippen molar-refractivity contribution in [1.29, 1.82) is 0 Å². The maximum Gasteiger partial charge on any atom is 0.308 e. The third-order valence-electron chi connectivity index (χ3n) is 3.19. The molecule has 0 fully saturated rings. The van der Waals surface area contributed by atoms with Crippen LogP contribution in [0.4, 0.5) is 0 Å². The quantitative estimate of drug-likeness (QED) is 0.876. The van der Waals surface area contributed by atoms with E-state index in [1.165, 1.54) is 16.9 Å². The fourth-order valence-electron chi connectivity index (χ4n) is 2.10. The first-order valence-electron chi connectivity index (χ1n) is 6.93. The number of nitrogens with zero attached hydrogens (tertiary/aromatic N) is 1. The van der Waals surface area contributed by atoms with Crippen LogP contribution in [0.2, 0.25) is 0 Å². The number of aromatic nitrogens is 1. The Morgan fingerprint density at radius 3 is 2.50 bits per heavy atom. The fraction of sp³-hybridized carbons (Fsp3) is 0.375. The highest BCUT2D eigenvalue weighted by Crippen LogP contribution is 2.29. The maximum atomic E-state index is 10.9. The first-order chi connectivity index (χ1) is 9.63. The van der Waals surface area contributed by atoms with E-state index in [1.807, 2.05) is 0 Å². The minimum atomic E-state index is -0.793. The molecule has 1 heterocycles. The van der Waals surface area contributed by atoms with Crippen LogP contribution >= 0.6 is 11.3 Å². The van der Waals surface area contributed by atoms with Crippen molar-refractivity contribution in [2.45, 2.75) is 39.5 Å². The molecule has 0 aliphatic rings. The molecule has 0 spiro atoms. The number of carbonyl (C=O) groups is 1. The largest absolute Gasteiger partial charge is 0.481 e. The second-order valence-electron chi connectivity index (χ2n) is 4.76. The van der Waals surface area contributed by atoms with E-state index < -0.39 is 5.97 Å². The van der Waals surface area contributed by atoms with E-state index in [-0.39, 0.29) is 6.42 Å². The van der Waals surface area contributed by atoms with Crippen LogP contribution in [-0.2, 0) is 24.1 Å². The van der Waals surface area contributed by atoms with Gasteiger partial charge in [0, 0.05) is 10.4 Å². The summed E-state index contributed by atoms with van der Waals surface area (Å²) < 4.78 is 0. The van der Waals surface area contributed by atoms with E-state index >= 15 is 0 Å². The number of carboxylic acid groups (broad SMARTS) is 1. The Hall–Kier alpha value is -1.68. The van der Waals surface area contributed by atoms with Crippen molar-refractivity contribution in [2.24, 2.45) is 0 Å². The second kappa shape index (κ2) is 6.66. The minimum absolute atomic E-state index is 0.0695. The molecule has 1 aromatic heterocycles. The van der Waals surface area contributed by atoms with Gasteiger partial charge in [-0.15, -0.1) is 11.3 Å². The van der Waals surface area contributed by atoms with Gasteiger partial charge in [0.2, 0.25) is 0 Å². The van der Waals surface area contributed by atoms with Gasteiger partial charge >= 0.3 is 5.97 Å². The zero-order valence-electron chi connectivity index (χ0n) is 11.8. The predicted octanol–water partition coefficient (Wildman–Crippen LogP) is 3.95. The predicted molar refractivity (Wildman–Crippen MR) is 82.3 cm³/mol. The first kappa shape index (κ1) is 14.7. The smallest absolute Gasteiger partial charge is 0.308 e. The van der Waals surface area contributed by atoms with Gasteiger partial charge in [0.1, 0.15) is 5.01 Å². The van der Waals surface area contributed by atoms with Crippen LogP contribution in [0.3, 0.4) is 0 Å². The van der Waals surface area contributed by atoms with E-state index in [9.17, 15) is 4.79 Å². The zero-order chi connectivity index (χ0) is 14.5. The lowest BCUT2D eigenvalue weighted by atomic mass is 10.1. The molecule has 0 unspecified atom stereocenters. The summed E-state index contributed by atoms with van der Waals surface area (Å²) in [6, 6.07) is 8.34. The maximum absolute atomic E-state index is 10.9. The standard InChI is InChI=1S/C16H19NO2S/c1-3-5-13-14(10-15(18)19)20-16(17-13)12-8-6-11(4-2)7-9-12/h6-9H,3-5,10H2,1-2H3,(H,18,19). The molecule has 0 radical (unpaired) electrons. The molecular weight excluding hydrogens is 270 g/mol. The molecule has 0 saturated carbocycles. The van der Waals surface area contributed by atoms with Crippen molar-refractivity contribution in [2.75, 3.05) is 0 Å². The summed E-state index contributed by atoms with van der Waals surface area (Å²) >= 11 is 1.50. The normalized spacial score (nSPS) is 10.7. The van der Waals surface area contributed by atoms with Crippen LogP contribution in [0.15, 0.2) is 24.3 Å². The topological polar surface area (TPSA) is 50.2 Å². The van der Waals surface area contributed by atoms with Crippen molar-refractivity contribution in [3.63, 3.8) is 0 Å². The van der Waals surface area contributed by atoms with Crippen molar-refractivity contribution in [1.82, 2.24) is 4.98 Å². The van der Waals surface area contributed by atoms with Gasteiger partial charge < -0.3 is 5.11 Å². The summed E-state index contributed by atoms with van der Waals surface area (Å²) in [5.41, 5.74) is 3.31. The first-order valence-corrected chi connectivity index (χ1v) is 7.75. The average molecular weight is 289 g/mol. The van der Waals surface area contributed by atoms with Gasteiger partial charge in [-0.1, -0.05) is 44.5 Å². The Balaban J connectivity index is 2.33. The second-order valence-corrected chi connectivity index (χ2v) is 5.84. The number of hydrogen-bond acceptors (Lipinski definition) is 3. The Bertz CT molecular complexity index is 587. The third kappa shape index (κ3) is 3.45. The van der Waals surface area contributed by atoms with Gasteiger partial charge in [0.25, 0.3) is 0 Å². The Labute approximate surface area is 123 Å². The number of hydrogen-bond donors (Lipinski definition) is 1.